The van der Waals surface area contributed by atoms with Crippen LogP contribution < -0.4 is 5.32 Å². The molecule has 0 aliphatic carbocycles. The Hall–Kier alpha value is -1.19. The minimum atomic E-state index is 0.815. The lowest BCUT2D eigenvalue weighted by atomic mass is 9.95. The zero-order chi connectivity index (χ0) is 13.9. The Morgan fingerprint density at radius 3 is 2.75 bits per heavy atom. The summed E-state index contributed by atoms with van der Waals surface area (Å²) in [6.45, 7) is 6.66. The van der Waals surface area contributed by atoms with Crippen LogP contribution in [0.4, 0.5) is 0 Å². The highest BCUT2D eigenvalue weighted by atomic mass is 32.1. The summed E-state index contributed by atoms with van der Waals surface area (Å²) in [7, 11) is 0. The van der Waals surface area contributed by atoms with E-state index in [4.69, 9.17) is 4.98 Å². The van der Waals surface area contributed by atoms with Crippen LogP contribution in [0.3, 0.4) is 0 Å². The molecule has 1 fully saturated rings. The average Bonchev–Trinajstić information content (AvgIpc) is 2.91. The summed E-state index contributed by atoms with van der Waals surface area (Å²) in [4.78, 5) is 4.84. The fraction of sp³-hybridized carbons (Fsp3) is 0.471. The normalized spacial score (nSPS) is 16.5. The Balaban J connectivity index is 1.73. The molecule has 3 heteroatoms. The second-order valence-corrected chi connectivity index (χ2v) is 6.77. The van der Waals surface area contributed by atoms with Crippen molar-refractivity contribution in [1.82, 2.24) is 10.3 Å². The number of hydrogen-bond donors (Lipinski definition) is 1. The van der Waals surface area contributed by atoms with E-state index >= 15 is 0 Å². The van der Waals surface area contributed by atoms with E-state index < -0.39 is 0 Å². The van der Waals surface area contributed by atoms with Gasteiger partial charge in [-0.25, -0.2) is 4.98 Å². The number of hydrogen-bond acceptors (Lipinski definition) is 3. The van der Waals surface area contributed by atoms with Crippen molar-refractivity contribution in [1.29, 1.82) is 0 Å². The van der Waals surface area contributed by atoms with E-state index in [0.717, 1.165) is 18.0 Å². The molecule has 2 nitrogen and oxygen atoms in total. The molecule has 1 aliphatic heterocycles. The summed E-state index contributed by atoms with van der Waals surface area (Å²) >= 11 is 1.82. The Bertz CT molecular complexity index is 582. The maximum absolute atomic E-state index is 4.84. The average molecular weight is 286 g/mol. The Morgan fingerprint density at radius 1 is 1.20 bits per heavy atom. The van der Waals surface area contributed by atoms with Gasteiger partial charge in [-0.05, 0) is 62.9 Å². The van der Waals surface area contributed by atoms with Crippen LogP contribution in [-0.4, -0.2) is 18.1 Å². The van der Waals surface area contributed by atoms with Crippen LogP contribution in [-0.2, 0) is 6.42 Å². The minimum absolute atomic E-state index is 0.815. The van der Waals surface area contributed by atoms with Gasteiger partial charge in [0.25, 0.3) is 0 Å². The van der Waals surface area contributed by atoms with E-state index in [-0.39, 0.29) is 0 Å². The number of rotatable bonds is 3. The zero-order valence-corrected chi connectivity index (χ0v) is 13.1. The van der Waals surface area contributed by atoms with Gasteiger partial charge in [0.15, 0.2) is 0 Å². The molecule has 1 aromatic heterocycles. The molecule has 0 spiro atoms. The summed E-state index contributed by atoms with van der Waals surface area (Å²) in [5, 5.41) is 6.93. The van der Waals surface area contributed by atoms with Crippen molar-refractivity contribution in [3.05, 3.63) is 39.7 Å². The molecule has 1 aromatic carbocycles. The highest BCUT2D eigenvalue weighted by Gasteiger charge is 2.15. The second-order valence-electron chi connectivity index (χ2n) is 5.82. The Kier molecular flexibility index (Phi) is 4.18. The Morgan fingerprint density at radius 2 is 2.00 bits per heavy atom. The molecule has 0 radical (unpaired) electrons. The molecule has 106 valence electrons. The standard InChI is InChI=1S/C17H22N2S/c1-12-3-4-15(9-13(12)2)16-11-20-17(19-16)10-14-5-7-18-8-6-14/h3-4,9,11,14,18H,5-8,10H2,1-2H3. The SMILES string of the molecule is Cc1ccc(-c2csc(CC3CCNCC3)n2)cc1C. The number of benzene rings is 1. The molecule has 0 atom stereocenters. The molecule has 2 aromatic rings. The molecule has 0 unspecified atom stereocenters. The van der Waals surface area contributed by atoms with Crippen molar-refractivity contribution in [3.63, 3.8) is 0 Å². The van der Waals surface area contributed by atoms with E-state index in [1.54, 1.807) is 0 Å². The van der Waals surface area contributed by atoms with Gasteiger partial charge in [0.2, 0.25) is 0 Å². The molecule has 2 heterocycles. The fourth-order valence-corrected chi connectivity index (χ4v) is 3.69. The van der Waals surface area contributed by atoms with E-state index in [1.807, 2.05) is 11.3 Å². The summed E-state index contributed by atoms with van der Waals surface area (Å²) in [5.74, 6) is 0.815. The first-order valence-electron chi connectivity index (χ1n) is 7.45. The first-order valence-corrected chi connectivity index (χ1v) is 8.33. The van der Waals surface area contributed by atoms with Gasteiger partial charge in [-0.1, -0.05) is 12.1 Å². The number of aromatic nitrogens is 1. The molecule has 20 heavy (non-hydrogen) atoms. The summed E-state index contributed by atoms with van der Waals surface area (Å²) in [6, 6.07) is 6.63. The second kappa shape index (κ2) is 6.06. The van der Waals surface area contributed by atoms with Gasteiger partial charge in [0.05, 0.1) is 10.7 Å². The summed E-state index contributed by atoms with van der Waals surface area (Å²) < 4.78 is 0. The fourth-order valence-electron chi connectivity index (χ4n) is 2.77. The first kappa shape index (κ1) is 13.8. The number of thiazole rings is 1. The summed E-state index contributed by atoms with van der Waals surface area (Å²) in [5.41, 5.74) is 5.08. The first-order chi connectivity index (χ1) is 9.72. The van der Waals surface area contributed by atoms with Gasteiger partial charge < -0.3 is 5.32 Å². The van der Waals surface area contributed by atoms with E-state index in [9.17, 15) is 0 Å². The van der Waals surface area contributed by atoms with Gasteiger partial charge in [0, 0.05) is 17.4 Å². The van der Waals surface area contributed by atoms with E-state index in [2.05, 4.69) is 42.7 Å². The molecule has 1 N–H and O–H groups in total. The third-order valence-corrected chi connectivity index (χ3v) is 5.15. The number of piperidine rings is 1. The molecule has 3 rings (SSSR count). The van der Waals surface area contributed by atoms with Crippen LogP contribution in [0.5, 0.6) is 0 Å². The molecular formula is C17H22N2S. The van der Waals surface area contributed by atoms with Gasteiger partial charge in [-0.2, -0.15) is 0 Å². The van der Waals surface area contributed by atoms with Crippen LogP contribution in [0, 0.1) is 19.8 Å². The predicted octanol–water partition coefficient (Wildman–Crippen LogP) is 3.97. The van der Waals surface area contributed by atoms with Crippen molar-refractivity contribution < 1.29 is 0 Å². The molecule has 1 aliphatic rings. The topological polar surface area (TPSA) is 24.9 Å². The largest absolute Gasteiger partial charge is 0.317 e. The van der Waals surface area contributed by atoms with Crippen LogP contribution in [0.15, 0.2) is 23.6 Å². The lowest BCUT2D eigenvalue weighted by Crippen LogP contribution is -2.28. The maximum Gasteiger partial charge on any atom is 0.0935 e. The smallest absolute Gasteiger partial charge is 0.0935 e. The monoisotopic (exact) mass is 286 g/mol. The van der Waals surface area contributed by atoms with Crippen LogP contribution in [0.1, 0.15) is 29.0 Å². The van der Waals surface area contributed by atoms with Crippen molar-refractivity contribution in [2.24, 2.45) is 5.92 Å². The maximum atomic E-state index is 4.84. The number of nitrogens with zero attached hydrogens (tertiary/aromatic N) is 1. The van der Waals surface area contributed by atoms with Gasteiger partial charge in [-0.3, -0.25) is 0 Å². The number of aryl methyl sites for hydroxylation is 2. The van der Waals surface area contributed by atoms with Crippen LogP contribution in [0.25, 0.3) is 11.3 Å². The van der Waals surface area contributed by atoms with Crippen LogP contribution >= 0.6 is 11.3 Å². The Labute approximate surface area is 125 Å². The summed E-state index contributed by atoms with van der Waals surface area (Å²) in [6.07, 6.45) is 3.73. The zero-order valence-electron chi connectivity index (χ0n) is 12.3. The van der Waals surface area contributed by atoms with Crippen LogP contribution in [0.2, 0.25) is 0 Å². The molecule has 0 saturated carbocycles. The molecule has 0 bridgehead atoms. The van der Waals surface area contributed by atoms with Crippen molar-refractivity contribution >= 4 is 11.3 Å². The minimum Gasteiger partial charge on any atom is -0.317 e. The molecule has 1 saturated heterocycles. The highest BCUT2D eigenvalue weighted by molar-refractivity contribution is 7.09. The van der Waals surface area contributed by atoms with Crippen molar-refractivity contribution in [2.75, 3.05) is 13.1 Å². The van der Waals surface area contributed by atoms with Crippen molar-refractivity contribution in [2.45, 2.75) is 33.1 Å². The predicted molar refractivity (Wildman–Crippen MR) is 86.3 cm³/mol. The van der Waals surface area contributed by atoms with Gasteiger partial charge in [-0.15, -0.1) is 11.3 Å². The van der Waals surface area contributed by atoms with E-state index in [1.165, 1.54) is 47.6 Å². The molecule has 0 amide bonds. The van der Waals surface area contributed by atoms with Gasteiger partial charge in [0.1, 0.15) is 0 Å². The van der Waals surface area contributed by atoms with E-state index in [0.29, 0.717) is 0 Å². The third-order valence-electron chi connectivity index (χ3n) is 4.28. The third kappa shape index (κ3) is 3.10. The van der Waals surface area contributed by atoms with Crippen molar-refractivity contribution in [3.8, 4) is 11.3 Å². The molecular weight excluding hydrogens is 264 g/mol. The van der Waals surface area contributed by atoms with Gasteiger partial charge >= 0.3 is 0 Å². The number of nitrogens with one attached hydrogen (secondary N) is 1. The quantitative estimate of drug-likeness (QED) is 0.923. The lowest BCUT2D eigenvalue weighted by Gasteiger charge is -2.21. The lowest BCUT2D eigenvalue weighted by molar-refractivity contribution is 0.372. The highest BCUT2D eigenvalue weighted by Crippen LogP contribution is 2.26.